The van der Waals surface area contributed by atoms with Gasteiger partial charge in [-0.05, 0) is 42.0 Å². The van der Waals surface area contributed by atoms with E-state index < -0.39 is 17.6 Å². The number of hydrogen-bond donors (Lipinski definition) is 1. The predicted octanol–water partition coefficient (Wildman–Crippen LogP) is 5.76. The van der Waals surface area contributed by atoms with E-state index in [1.165, 1.54) is 6.07 Å². The first-order chi connectivity index (χ1) is 9.75. The van der Waals surface area contributed by atoms with Crippen LogP contribution in [0.3, 0.4) is 0 Å². The van der Waals surface area contributed by atoms with Crippen LogP contribution in [0.5, 0.6) is 0 Å². The number of halogens is 6. The zero-order valence-electron chi connectivity index (χ0n) is 10.4. The summed E-state index contributed by atoms with van der Waals surface area (Å²) >= 11 is 11.7. The molecule has 0 aliphatic rings. The maximum atomic E-state index is 13.2. The van der Waals surface area contributed by atoms with Crippen LogP contribution in [0.25, 0.3) is 0 Å². The van der Waals surface area contributed by atoms with Crippen LogP contribution in [0.15, 0.2) is 36.4 Å². The second kappa shape index (κ2) is 6.12. The molecular formula is C14H9Cl2F4N. The molecule has 0 aliphatic heterocycles. The summed E-state index contributed by atoms with van der Waals surface area (Å²) in [6.07, 6.45) is -4.59. The number of rotatable bonds is 3. The van der Waals surface area contributed by atoms with Crippen LogP contribution < -0.4 is 5.32 Å². The Morgan fingerprint density at radius 2 is 1.71 bits per heavy atom. The molecule has 0 heterocycles. The van der Waals surface area contributed by atoms with E-state index in [2.05, 4.69) is 5.32 Å². The maximum Gasteiger partial charge on any atom is 0.416 e. The largest absolute Gasteiger partial charge is 0.416 e. The van der Waals surface area contributed by atoms with Gasteiger partial charge in [-0.25, -0.2) is 4.39 Å². The monoisotopic (exact) mass is 337 g/mol. The molecule has 0 saturated heterocycles. The summed E-state index contributed by atoms with van der Waals surface area (Å²) in [5.41, 5.74) is -0.367. The number of nitrogens with one attached hydrogen (secondary N) is 1. The van der Waals surface area contributed by atoms with Crippen LogP contribution in [-0.4, -0.2) is 0 Å². The standard InChI is InChI=1S/C14H9Cl2F4N/c15-10-1-2-13(12(16)6-10)21-7-8-3-9(14(18,19)20)5-11(17)4-8/h1-6,21H,7H2. The van der Waals surface area contributed by atoms with E-state index >= 15 is 0 Å². The van der Waals surface area contributed by atoms with Crippen molar-refractivity contribution in [3.05, 3.63) is 63.4 Å². The van der Waals surface area contributed by atoms with Crippen molar-refractivity contribution in [1.82, 2.24) is 0 Å². The minimum Gasteiger partial charge on any atom is -0.380 e. The smallest absolute Gasteiger partial charge is 0.380 e. The van der Waals surface area contributed by atoms with Gasteiger partial charge in [0.1, 0.15) is 5.82 Å². The fourth-order valence-electron chi connectivity index (χ4n) is 1.75. The third kappa shape index (κ3) is 4.25. The van der Waals surface area contributed by atoms with Crippen LogP contribution in [0.4, 0.5) is 23.2 Å². The summed E-state index contributed by atoms with van der Waals surface area (Å²) in [7, 11) is 0. The van der Waals surface area contributed by atoms with E-state index in [1.807, 2.05) is 0 Å². The number of anilines is 1. The minimum atomic E-state index is -4.59. The summed E-state index contributed by atoms with van der Waals surface area (Å²) in [4.78, 5) is 0. The van der Waals surface area contributed by atoms with Crippen LogP contribution >= 0.6 is 23.2 Å². The number of alkyl halides is 3. The zero-order chi connectivity index (χ0) is 15.6. The summed E-state index contributed by atoms with van der Waals surface area (Å²) in [6, 6.07) is 7.06. The molecule has 0 amide bonds. The molecule has 21 heavy (non-hydrogen) atoms. The van der Waals surface area contributed by atoms with Gasteiger partial charge in [0.2, 0.25) is 0 Å². The molecule has 7 heteroatoms. The van der Waals surface area contributed by atoms with Crippen molar-refractivity contribution >= 4 is 28.9 Å². The number of hydrogen-bond acceptors (Lipinski definition) is 1. The summed E-state index contributed by atoms with van der Waals surface area (Å²) in [6.45, 7) is 0.00217. The lowest BCUT2D eigenvalue weighted by molar-refractivity contribution is -0.137. The van der Waals surface area contributed by atoms with Crippen molar-refractivity contribution in [2.45, 2.75) is 12.7 Å². The molecule has 1 N–H and O–H groups in total. The molecule has 0 fully saturated rings. The second-order valence-corrected chi connectivity index (χ2v) is 5.17. The van der Waals surface area contributed by atoms with Crippen LogP contribution in [0.1, 0.15) is 11.1 Å². The lowest BCUT2D eigenvalue weighted by atomic mass is 10.1. The van der Waals surface area contributed by atoms with E-state index in [9.17, 15) is 17.6 Å². The topological polar surface area (TPSA) is 12.0 Å². The van der Waals surface area contributed by atoms with Gasteiger partial charge >= 0.3 is 6.18 Å². The molecule has 0 bridgehead atoms. The summed E-state index contributed by atoms with van der Waals surface area (Å²) in [5.74, 6) is -0.941. The van der Waals surface area contributed by atoms with Gasteiger partial charge in [-0.1, -0.05) is 23.2 Å². The highest BCUT2D eigenvalue weighted by atomic mass is 35.5. The zero-order valence-corrected chi connectivity index (χ0v) is 12.0. The molecule has 1 nitrogen and oxygen atoms in total. The molecule has 0 atom stereocenters. The Morgan fingerprint density at radius 1 is 1.00 bits per heavy atom. The Morgan fingerprint density at radius 3 is 2.33 bits per heavy atom. The minimum absolute atomic E-state index is 0.00217. The molecule has 0 radical (unpaired) electrons. The van der Waals surface area contributed by atoms with E-state index in [-0.39, 0.29) is 12.1 Å². The van der Waals surface area contributed by atoms with Crippen LogP contribution in [-0.2, 0) is 12.7 Å². The van der Waals surface area contributed by atoms with Gasteiger partial charge in [0.05, 0.1) is 16.3 Å². The van der Waals surface area contributed by atoms with Crippen LogP contribution in [0.2, 0.25) is 10.0 Å². The molecule has 112 valence electrons. The lowest BCUT2D eigenvalue weighted by Crippen LogP contribution is -2.08. The van der Waals surface area contributed by atoms with Gasteiger partial charge in [-0.15, -0.1) is 0 Å². The molecule has 0 unspecified atom stereocenters. The fraction of sp³-hybridized carbons (Fsp3) is 0.143. The van der Waals surface area contributed by atoms with Crippen molar-refractivity contribution in [1.29, 1.82) is 0 Å². The Hall–Kier alpha value is -1.46. The highest BCUT2D eigenvalue weighted by Gasteiger charge is 2.31. The summed E-state index contributed by atoms with van der Waals surface area (Å²) in [5, 5.41) is 3.61. The first-order valence-electron chi connectivity index (χ1n) is 5.81. The highest BCUT2D eigenvalue weighted by molar-refractivity contribution is 6.36. The van der Waals surface area contributed by atoms with E-state index in [0.717, 1.165) is 12.1 Å². The Balaban J connectivity index is 2.18. The van der Waals surface area contributed by atoms with Crippen molar-refractivity contribution in [2.24, 2.45) is 0 Å². The van der Waals surface area contributed by atoms with Gasteiger partial charge in [0.25, 0.3) is 0 Å². The van der Waals surface area contributed by atoms with E-state index in [4.69, 9.17) is 23.2 Å². The molecular weight excluding hydrogens is 329 g/mol. The molecule has 0 saturated carbocycles. The van der Waals surface area contributed by atoms with Crippen molar-refractivity contribution in [3.8, 4) is 0 Å². The molecule has 2 rings (SSSR count). The van der Waals surface area contributed by atoms with Gasteiger partial charge in [0, 0.05) is 11.6 Å². The van der Waals surface area contributed by atoms with Gasteiger partial charge in [0.15, 0.2) is 0 Å². The first-order valence-corrected chi connectivity index (χ1v) is 6.57. The summed E-state index contributed by atoms with van der Waals surface area (Å²) < 4.78 is 51.0. The quantitative estimate of drug-likeness (QED) is 0.701. The average molecular weight is 338 g/mol. The number of benzene rings is 2. The normalized spacial score (nSPS) is 11.5. The van der Waals surface area contributed by atoms with E-state index in [1.54, 1.807) is 12.1 Å². The van der Waals surface area contributed by atoms with Crippen molar-refractivity contribution in [2.75, 3.05) is 5.32 Å². The first kappa shape index (κ1) is 15.9. The van der Waals surface area contributed by atoms with Crippen LogP contribution in [0, 0.1) is 5.82 Å². The SMILES string of the molecule is Fc1cc(CNc2ccc(Cl)cc2Cl)cc(C(F)(F)F)c1. The fourth-order valence-corrected chi connectivity index (χ4v) is 2.22. The lowest BCUT2D eigenvalue weighted by Gasteiger charge is -2.12. The van der Waals surface area contributed by atoms with E-state index in [0.29, 0.717) is 21.8 Å². The average Bonchev–Trinajstić information content (AvgIpc) is 2.36. The molecule has 0 aromatic heterocycles. The molecule has 0 aliphatic carbocycles. The highest BCUT2D eigenvalue weighted by Crippen LogP contribution is 2.31. The third-order valence-electron chi connectivity index (χ3n) is 2.70. The van der Waals surface area contributed by atoms with Crippen molar-refractivity contribution in [3.63, 3.8) is 0 Å². The van der Waals surface area contributed by atoms with Gasteiger partial charge in [-0.3, -0.25) is 0 Å². The molecule has 2 aromatic rings. The Kier molecular flexibility index (Phi) is 4.64. The molecule has 2 aromatic carbocycles. The van der Waals surface area contributed by atoms with Gasteiger partial charge < -0.3 is 5.32 Å². The predicted molar refractivity (Wildman–Crippen MR) is 75.2 cm³/mol. The Bertz CT molecular complexity index is 656. The maximum absolute atomic E-state index is 13.2. The third-order valence-corrected chi connectivity index (χ3v) is 3.25. The van der Waals surface area contributed by atoms with Gasteiger partial charge in [-0.2, -0.15) is 13.2 Å². The second-order valence-electron chi connectivity index (χ2n) is 4.32. The Labute approximate surface area is 128 Å². The van der Waals surface area contributed by atoms with Crippen molar-refractivity contribution < 1.29 is 17.6 Å². The molecule has 0 spiro atoms.